The number of aliphatic hydroxyl groups is 1. The van der Waals surface area contributed by atoms with Crippen LogP contribution in [-0.2, 0) is 16.1 Å². The highest BCUT2D eigenvalue weighted by Gasteiger charge is 2.24. The van der Waals surface area contributed by atoms with Crippen molar-refractivity contribution < 1.29 is 14.6 Å². The molecule has 0 saturated carbocycles. The summed E-state index contributed by atoms with van der Waals surface area (Å²) in [7, 11) is 0. The van der Waals surface area contributed by atoms with E-state index in [1.54, 1.807) is 0 Å². The summed E-state index contributed by atoms with van der Waals surface area (Å²) in [6.07, 6.45) is 3.30. The molecule has 2 rings (SSSR count). The summed E-state index contributed by atoms with van der Waals surface area (Å²) in [4.78, 5) is 0. The number of benzene rings is 1. The molecule has 0 bridgehead atoms. The minimum Gasteiger partial charge on any atom is -0.395 e. The fourth-order valence-electron chi connectivity index (χ4n) is 2.60. The predicted molar refractivity (Wildman–Crippen MR) is 82.8 cm³/mol. The maximum atomic E-state index is 8.69. The Morgan fingerprint density at radius 1 is 1.19 bits per heavy atom. The molecule has 1 N–H and O–H groups in total. The van der Waals surface area contributed by atoms with Crippen LogP contribution in [0.2, 0.25) is 0 Å². The lowest BCUT2D eigenvalue weighted by Gasteiger charge is -2.32. The molecule has 3 nitrogen and oxygen atoms in total. The molecule has 1 aromatic rings. The van der Waals surface area contributed by atoms with Gasteiger partial charge in [-0.1, -0.05) is 24.0 Å². The van der Waals surface area contributed by atoms with E-state index in [1.807, 2.05) is 12.1 Å². The molecule has 0 aromatic heterocycles. The van der Waals surface area contributed by atoms with Crippen LogP contribution in [0.25, 0.3) is 0 Å². The molecule has 1 fully saturated rings. The van der Waals surface area contributed by atoms with E-state index < -0.39 is 0 Å². The number of rotatable bonds is 4. The molecule has 2 unspecified atom stereocenters. The van der Waals surface area contributed by atoms with Crippen LogP contribution < -0.4 is 0 Å². The molecule has 21 heavy (non-hydrogen) atoms. The Kier molecular flexibility index (Phi) is 6.25. The minimum absolute atomic E-state index is 0.112. The van der Waals surface area contributed by atoms with Gasteiger partial charge < -0.3 is 14.6 Å². The van der Waals surface area contributed by atoms with Crippen molar-refractivity contribution in [2.45, 2.75) is 58.0 Å². The lowest BCUT2D eigenvalue weighted by molar-refractivity contribution is -0.106. The summed E-state index contributed by atoms with van der Waals surface area (Å²) in [5, 5.41) is 8.69. The van der Waals surface area contributed by atoms with Crippen LogP contribution in [0, 0.1) is 11.8 Å². The van der Waals surface area contributed by atoms with E-state index in [2.05, 4.69) is 37.8 Å². The molecule has 3 heteroatoms. The van der Waals surface area contributed by atoms with Gasteiger partial charge in [0.05, 0.1) is 31.5 Å². The van der Waals surface area contributed by atoms with Gasteiger partial charge in [-0.15, -0.1) is 0 Å². The molecule has 0 aliphatic carbocycles. The van der Waals surface area contributed by atoms with Gasteiger partial charge in [0.15, 0.2) is 0 Å². The van der Waals surface area contributed by atoms with Gasteiger partial charge in [-0.2, -0.15) is 0 Å². The van der Waals surface area contributed by atoms with Crippen LogP contribution in [-0.4, -0.2) is 30.0 Å². The van der Waals surface area contributed by atoms with Crippen molar-refractivity contribution in [3.8, 4) is 11.8 Å². The number of aliphatic hydroxyl groups excluding tert-OH is 1. The van der Waals surface area contributed by atoms with Gasteiger partial charge in [0.25, 0.3) is 0 Å². The normalized spacial score (nSPS) is 25.2. The summed E-state index contributed by atoms with van der Waals surface area (Å²) in [5.74, 6) is 5.94. The van der Waals surface area contributed by atoms with Crippen molar-refractivity contribution in [3.63, 3.8) is 0 Å². The highest BCUT2D eigenvalue weighted by Crippen LogP contribution is 2.22. The molecule has 1 saturated heterocycles. The van der Waals surface area contributed by atoms with Gasteiger partial charge in [-0.05, 0) is 44.4 Å². The highest BCUT2D eigenvalue weighted by atomic mass is 16.5. The third kappa shape index (κ3) is 5.51. The Morgan fingerprint density at radius 3 is 2.48 bits per heavy atom. The number of hydrogen-bond donors (Lipinski definition) is 1. The van der Waals surface area contributed by atoms with Crippen molar-refractivity contribution in [2.75, 3.05) is 6.61 Å². The number of hydrogen-bond acceptors (Lipinski definition) is 3. The molecule has 1 aromatic carbocycles. The Morgan fingerprint density at radius 2 is 1.86 bits per heavy atom. The van der Waals surface area contributed by atoms with Crippen LogP contribution in [0.1, 0.15) is 44.2 Å². The Hall–Kier alpha value is -1.34. The van der Waals surface area contributed by atoms with Crippen molar-refractivity contribution in [2.24, 2.45) is 0 Å². The summed E-state index contributed by atoms with van der Waals surface area (Å²) in [5.41, 5.74) is 2.13. The van der Waals surface area contributed by atoms with E-state index in [9.17, 15) is 0 Å². The summed E-state index contributed by atoms with van der Waals surface area (Å²) >= 11 is 0. The van der Waals surface area contributed by atoms with Gasteiger partial charge in [-0.3, -0.25) is 0 Å². The first kappa shape index (κ1) is 16.0. The van der Waals surface area contributed by atoms with Crippen molar-refractivity contribution >= 4 is 0 Å². The van der Waals surface area contributed by atoms with Gasteiger partial charge in [0, 0.05) is 12.0 Å². The zero-order chi connectivity index (χ0) is 15.1. The second kappa shape index (κ2) is 8.19. The van der Waals surface area contributed by atoms with Crippen molar-refractivity contribution in [3.05, 3.63) is 35.4 Å². The van der Waals surface area contributed by atoms with E-state index in [1.165, 1.54) is 0 Å². The average molecular weight is 288 g/mol. The van der Waals surface area contributed by atoms with Gasteiger partial charge in [-0.25, -0.2) is 0 Å². The predicted octanol–water partition coefficient (Wildman–Crippen LogP) is 2.89. The van der Waals surface area contributed by atoms with Crippen LogP contribution in [0.15, 0.2) is 24.3 Å². The fraction of sp³-hybridized carbons (Fsp3) is 0.556. The van der Waals surface area contributed by atoms with E-state index >= 15 is 0 Å². The molecule has 0 amide bonds. The maximum absolute atomic E-state index is 8.69. The lowest BCUT2D eigenvalue weighted by atomic mass is 10.0. The second-order valence-corrected chi connectivity index (χ2v) is 5.63. The highest BCUT2D eigenvalue weighted by molar-refractivity contribution is 5.35. The average Bonchev–Trinajstić information content (AvgIpc) is 2.46. The van der Waals surface area contributed by atoms with E-state index in [0.717, 1.165) is 24.0 Å². The van der Waals surface area contributed by atoms with Crippen molar-refractivity contribution in [1.29, 1.82) is 0 Å². The third-order valence-electron chi connectivity index (χ3n) is 3.56. The minimum atomic E-state index is 0.112. The first-order chi connectivity index (χ1) is 10.2. The molecule has 1 aliphatic heterocycles. The molecule has 2 atom stereocenters. The smallest absolute Gasteiger partial charge is 0.0720 e. The summed E-state index contributed by atoms with van der Waals surface area (Å²) in [6, 6.07) is 8.10. The Balaban J connectivity index is 1.82. The van der Waals surface area contributed by atoms with Gasteiger partial charge >= 0.3 is 0 Å². The monoisotopic (exact) mass is 288 g/mol. The number of ether oxygens (including phenoxy) is 2. The van der Waals surface area contributed by atoms with Gasteiger partial charge in [0.1, 0.15) is 0 Å². The molecule has 114 valence electrons. The van der Waals surface area contributed by atoms with Crippen LogP contribution >= 0.6 is 0 Å². The van der Waals surface area contributed by atoms with Crippen LogP contribution in [0.3, 0.4) is 0 Å². The molecule has 1 heterocycles. The lowest BCUT2D eigenvalue weighted by Crippen LogP contribution is -2.33. The van der Waals surface area contributed by atoms with E-state index in [-0.39, 0.29) is 24.9 Å². The van der Waals surface area contributed by atoms with Crippen molar-refractivity contribution in [1.82, 2.24) is 0 Å². The van der Waals surface area contributed by atoms with E-state index in [4.69, 9.17) is 14.6 Å². The first-order valence-corrected chi connectivity index (χ1v) is 7.63. The largest absolute Gasteiger partial charge is 0.395 e. The molecule has 0 spiro atoms. The topological polar surface area (TPSA) is 38.7 Å². The summed E-state index contributed by atoms with van der Waals surface area (Å²) in [6.45, 7) is 4.95. The third-order valence-corrected chi connectivity index (χ3v) is 3.56. The maximum Gasteiger partial charge on any atom is 0.0720 e. The first-order valence-electron chi connectivity index (χ1n) is 7.63. The molecule has 1 aliphatic rings. The molecular formula is C18H24O3. The van der Waals surface area contributed by atoms with E-state index in [0.29, 0.717) is 13.0 Å². The second-order valence-electron chi connectivity index (χ2n) is 5.63. The fourth-order valence-corrected chi connectivity index (χ4v) is 2.60. The molecule has 0 radical (unpaired) electrons. The zero-order valence-corrected chi connectivity index (χ0v) is 12.8. The quantitative estimate of drug-likeness (QED) is 0.866. The standard InChI is InChI=1S/C18H24O3/c1-14-11-18(12-15(2)21-14)20-13-17-8-6-16(7-9-17)5-3-4-10-19/h6-9,14-15,18-19H,4,10-13H2,1-2H3. The molecular weight excluding hydrogens is 264 g/mol. The van der Waals surface area contributed by atoms with Crippen LogP contribution in [0.4, 0.5) is 0 Å². The summed E-state index contributed by atoms with van der Waals surface area (Å²) < 4.78 is 11.7. The Bertz CT molecular complexity index is 473. The van der Waals surface area contributed by atoms with Crippen LogP contribution in [0.5, 0.6) is 0 Å². The Labute approximate surface area is 127 Å². The van der Waals surface area contributed by atoms with Gasteiger partial charge in [0.2, 0.25) is 0 Å². The zero-order valence-electron chi connectivity index (χ0n) is 12.8. The SMILES string of the molecule is CC1CC(OCc2ccc(C#CCCO)cc2)CC(C)O1.